The van der Waals surface area contributed by atoms with Gasteiger partial charge in [-0.3, -0.25) is 4.79 Å². The average molecular weight is 244 g/mol. The standard InChI is InChI=1S/C17H24O/c1-3-14(2)16(18)17(12-8-5-9-13-17)15-10-6-4-7-11-15/h4,6-7,10-11,14H,3,5,8-9,12-13H2,1-2H3. The van der Waals surface area contributed by atoms with E-state index >= 15 is 0 Å². The van der Waals surface area contributed by atoms with Crippen molar-refractivity contribution in [1.29, 1.82) is 0 Å². The van der Waals surface area contributed by atoms with Crippen LogP contribution in [0.25, 0.3) is 0 Å². The fourth-order valence-electron chi connectivity index (χ4n) is 3.25. The molecule has 1 unspecified atom stereocenters. The largest absolute Gasteiger partial charge is 0.298 e. The highest BCUT2D eigenvalue weighted by Gasteiger charge is 2.41. The molecule has 0 N–H and O–H groups in total. The van der Waals surface area contributed by atoms with Gasteiger partial charge in [0.1, 0.15) is 5.78 Å². The number of ketones is 1. The topological polar surface area (TPSA) is 17.1 Å². The van der Waals surface area contributed by atoms with Gasteiger partial charge in [0.2, 0.25) is 0 Å². The highest BCUT2D eigenvalue weighted by molar-refractivity contribution is 5.92. The summed E-state index contributed by atoms with van der Waals surface area (Å²) in [6.07, 6.45) is 6.70. The van der Waals surface area contributed by atoms with Gasteiger partial charge in [-0.05, 0) is 24.8 Å². The Morgan fingerprint density at radius 2 is 1.78 bits per heavy atom. The molecule has 1 aliphatic carbocycles. The molecular weight excluding hydrogens is 220 g/mol. The highest BCUT2D eigenvalue weighted by Crippen LogP contribution is 2.42. The number of hydrogen-bond acceptors (Lipinski definition) is 1. The molecule has 1 aliphatic rings. The normalized spacial score (nSPS) is 20.3. The number of rotatable bonds is 4. The molecule has 1 nitrogen and oxygen atoms in total. The summed E-state index contributed by atoms with van der Waals surface area (Å²) in [6, 6.07) is 10.5. The number of Topliss-reactive ketones (excluding diaryl/α,β-unsaturated/α-hetero) is 1. The number of hydrogen-bond donors (Lipinski definition) is 0. The average Bonchev–Trinajstić information content (AvgIpc) is 2.47. The molecule has 1 aromatic carbocycles. The Morgan fingerprint density at radius 1 is 1.17 bits per heavy atom. The molecule has 0 bridgehead atoms. The van der Waals surface area contributed by atoms with E-state index in [0.717, 1.165) is 19.3 Å². The molecule has 1 heteroatoms. The summed E-state index contributed by atoms with van der Waals surface area (Å²) in [5, 5.41) is 0. The van der Waals surface area contributed by atoms with Crippen LogP contribution >= 0.6 is 0 Å². The lowest BCUT2D eigenvalue weighted by Crippen LogP contribution is -2.41. The summed E-state index contributed by atoms with van der Waals surface area (Å²) in [7, 11) is 0. The summed E-state index contributed by atoms with van der Waals surface area (Å²) < 4.78 is 0. The SMILES string of the molecule is CCC(C)C(=O)C1(c2ccccc2)CCCCC1. The van der Waals surface area contributed by atoms with Crippen LogP contribution in [0, 0.1) is 5.92 Å². The zero-order valence-corrected chi connectivity index (χ0v) is 11.6. The molecule has 2 rings (SSSR count). The minimum atomic E-state index is -0.186. The van der Waals surface area contributed by atoms with Crippen LogP contribution in [0.1, 0.15) is 57.9 Å². The second kappa shape index (κ2) is 5.69. The summed E-state index contributed by atoms with van der Waals surface area (Å²) in [6.45, 7) is 4.20. The predicted octanol–water partition coefficient (Wildman–Crippen LogP) is 4.50. The highest BCUT2D eigenvalue weighted by atomic mass is 16.1. The van der Waals surface area contributed by atoms with E-state index in [1.54, 1.807) is 0 Å². The zero-order valence-electron chi connectivity index (χ0n) is 11.6. The van der Waals surface area contributed by atoms with Crippen LogP contribution in [0.15, 0.2) is 30.3 Å². The number of benzene rings is 1. The quantitative estimate of drug-likeness (QED) is 0.762. The molecule has 0 amide bonds. The third kappa shape index (κ3) is 2.36. The van der Waals surface area contributed by atoms with Crippen molar-refractivity contribution in [3.05, 3.63) is 35.9 Å². The van der Waals surface area contributed by atoms with Gasteiger partial charge in [-0.1, -0.05) is 63.4 Å². The predicted molar refractivity (Wildman–Crippen MR) is 75.7 cm³/mol. The van der Waals surface area contributed by atoms with Crippen LogP contribution < -0.4 is 0 Å². The summed E-state index contributed by atoms with van der Waals surface area (Å²) in [5.74, 6) is 0.652. The van der Waals surface area contributed by atoms with Crippen LogP contribution in [0.2, 0.25) is 0 Å². The van der Waals surface area contributed by atoms with Crippen LogP contribution in [-0.2, 0) is 10.2 Å². The van der Waals surface area contributed by atoms with E-state index in [2.05, 4.69) is 38.1 Å². The van der Waals surface area contributed by atoms with Gasteiger partial charge in [-0.15, -0.1) is 0 Å². The second-order valence-electron chi connectivity index (χ2n) is 5.68. The van der Waals surface area contributed by atoms with E-state index in [1.807, 2.05) is 6.07 Å². The molecule has 1 saturated carbocycles. The van der Waals surface area contributed by atoms with Crippen molar-refractivity contribution in [2.45, 2.75) is 57.8 Å². The van der Waals surface area contributed by atoms with Gasteiger partial charge in [0, 0.05) is 5.92 Å². The van der Waals surface area contributed by atoms with E-state index in [-0.39, 0.29) is 11.3 Å². The molecule has 1 fully saturated rings. The van der Waals surface area contributed by atoms with Gasteiger partial charge in [-0.25, -0.2) is 0 Å². The van der Waals surface area contributed by atoms with Crippen LogP contribution in [-0.4, -0.2) is 5.78 Å². The first-order chi connectivity index (χ1) is 8.70. The Bertz CT molecular complexity index is 387. The van der Waals surface area contributed by atoms with E-state index in [9.17, 15) is 4.79 Å². The zero-order chi connectivity index (χ0) is 13.0. The van der Waals surface area contributed by atoms with E-state index in [1.165, 1.54) is 24.8 Å². The monoisotopic (exact) mass is 244 g/mol. The summed E-state index contributed by atoms with van der Waals surface area (Å²) in [4.78, 5) is 12.9. The van der Waals surface area contributed by atoms with Gasteiger partial charge in [-0.2, -0.15) is 0 Å². The lowest BCUT2D eigenvalue weighted by molar-refractivity contribution is -0.129. The van der Waals surface area contributed by atoms with Gasteiger partial charge in [0.25, 0.3) is 0 Å². The third-order valence-electron chi connectivity index (χ3n) is 4.57. The van der Waals surface area contributed by atoms with Crippen molar-refractivity contribution in [2.75, 3.05) is 0 Å². The Kier molecular flexibility index (Phi) is 4.21. The number of carbonyl (C=O) groups excluding carboxylic acids is 1. The lowest BCUT2D eigenvalue weighted by Gasteiger charge is -2.38. The maximum absolute atomic E-state index is 12.9. The van der Waals surface area contributed by atoms with Crippen molar-refractivity contribution in [3.8, 4) is 0 Å². The molecule has 18 heavy (non-hydrogen) atoms. The van der Waals surface area contributed by atoms with Crippen LogP contribution in [0.4, 0.5) is 0 Å². The van der Waals surface area contributed by atoms with Crippen molar-refractivity contribution >= 4 is 5.78 Å². The van der Waals surface area contributed by atoms with Gasteiger partial charge >= 0.3 is 0 Å². The minimum Gasteiger partial charge on any atom is -0.298 e. The maximum atomic E-state index is 12.9. The molecular formula is C17H24O. The molecule has 1 atom stereocenters. The van der Waals surface area contributed by atoms with Crippen molar-refractivity contribution in [3.63, 3.8) is 0 Å². The molecule has 0 heterocycles. The lowest BCUT2D eigenvalue weighted by atomic mass is 9.64. The van der Waals surface area contributed by atoms with Crippen LogP contribution in [0.3, 0.4) is 0 Å². The number of carbonyl (C=O) groups is 1. The smallest absolute Gasteiger partial charge is 0.146 e. The maximum Gasteiger partial charge on any atom is 0.146 e. The van der Waals surface area contributed by atoms with Crippen molar-refractivity contribution < 1.29 is 4.79 Å². The molecule has 1 aromatic rings. The Balaban J connectivity index is 2.37. The molecule has 98 valence electrons. The van der Waals surface area contributed by atoms with Gasteiger partial charge < -0.3 is 0 Å². The first-order valence-electron chi connectivity index (χ1n) is 7.30. The third-order valence-corrected chi connectivity index (χ3v) is 4.57. The Morgan fingerprint density at radius 3 is 2.33 bits per heavy atom. The molecule has 0 radical (unpaired) electrons. The Hall–Kier alpha value is -1.11. The molecule has 0 aliphatic heterocycles. The second-order valence-corrected chi connectivity index (χ2v) is 5.68. The summed E-state index contributed by atoms with van der Waals surface area (Å²) in [5.41, 5.74) is 1.06. The Labute approximate surface area is 111 Å². The van der Waals surface area contributed by atoms with Crippen LogP contribution in [0.5, 0.6) is 0 Å². The van der Waals surface area contributed by atoms with Crippen molar-refractivity contribution in [2.24, 2.45) is 5.92 Å². The van der Waals surface area contributed by atoms with Gasteiger partial charge in [0.15, 0.2) is 0 Å². The molecule has 0 aromatic heterocycles. The fourth-order valence-corrected chi connectivity index (χ4v) is 3.25. The van der Waals surface area contributed by atoms with E-state index in [4.69, 9.17) is 0 Å². The van der Waals surface area contributed by atoms with E-state index < -0.39 is 0 Å². The first-order valence-corrected chi connectivity index (χ1v) is 7.30. The molecule has 0 saturated heterocycles. The fraction of sp³-hybridized carbons (Fsp3) is 0.588. The summed E-state index contributed by atoms with van der Waals surface area (Å²) >= 11 is 0. The minimum absolute atomic E-state index is 0.184. The molecule has 0 spiro atoms. The van der Waals surface area contributed by atoms with E-state index in [0.29, 0.717) is 5.78 Å². The van der Waals surface area contributed by atoms with Crippen molar-refractivity contribution in [1.82, 2.24) is 0 Å². The first kappa shape index (κ1) is 13.3. The van der Waals surface area contributed by atoms with Gasteiger partial charge in [0.05, 0.1) is 5.41 Å².